The lowest BCUT2D eigenvalue weighted by Crippen LogP contribution is -2.49. The van der Waals surface area contributed by atoms with Crippen molar-refractivity contribution >= 4 is 17.5 Å². The Labute approximate surface area is 186 Å². The molecule has 6 heteroatoms. The predicted octanol–water partition coefficient (Wildman–Crippen LogP) is 4.83. The van der Waals surface area contributed by atoms with E-state index in [0.29, 0.717) is 24.1 Å². The summed E-state index contributed by atoms with van der Waals surface area (Å²) in [5, 5.41) is 2.91. The molecule has 0 spiro atoms. The molecule has 1 aromatic rings. The number of hydrogen-bond acceptors (Lipinski definition) is 3. The van der Waals surface area contributed by atoms with E-state index in [1.54, 1.807) is 12.1 Å². The Hall–Kier alpha value is -1.95. The summed E-state index contributed by atoms with van der Waals surface area (Å²) in [4.78, 5) is 29.5. The van der Waals surface area contributed by atoms with Gasteiger partial charge in [0.05, 0.1) is 0 Å². The van der Waals surface area contributed by atoms with E-state index >= 15 is 0 Å². The first-order valence-electron chi connectivity index (χ1n) is 12.1. The molecule has 2 aliphatic rings. The molecule has 0 aliphatic carbocycles. The zero-order chi connectivity index (χ0) is 22.1. The third-order valence-electron chi connectivity index (χ3n) is 6.84. The van der Waals surface area contributed by atoms with Crippen LogP contribution in [0.25, 0.3) is 0 Å². The van der Waals surface area contributed by atoms with Crippen molar-refractivity contribution in [2.75, 3.05) is 31.5 Å². The predicted molar refractivity (Wildman–Crippen MR) is 122 cm³/mol. The number of rotatable bonds is 9. The topological polar surface area (TPSA) is 52.7 Å². The Morgan fingerprint density at radius 1 is 0.935 bits per heavy atom. The van der Waals surface area contributed by atoms with Gasteiger partial charge >= 0.3 is 0 Å². The molecular weight excluding hydrogens is 393 g/mol. The maximum atomic E-state index is 13.0. The first-order valence-corrected chi connectivity index (χ1v) is 12.1. The Kier molecular flexibility index (Phi) is 9.31. The van der Waals surface area contributed by atoms with Crippen molar-refractivity contribution in [3.05, 3.63) is 30.1 Å². The van der Waals surface area contributed by atoms with Gasteiger partial charge in [0.1, 0.15) is 5.82 Å². The number of halogens is 1. The number of hydrogen-bond donors (Lipinski definition) is 1. The van der Waals surface area contributed by atoms with E-state index in [1.807, 2.05) is 0 Å². The second-order valence-corrected chi connectivity index (χ2v) is 9.08. The maximum absolute atomic E-state index is 13.0. The second kappa shape index (κ2) is 12.2. The largest absolute Gasteiger partial charge is 0.343 e. The van der Waals surface area contributed by atoms with Crippen LogP contribution in [0.5, 0.6) is 0 Å². The van der Waals surface area contributed by atoms with Gasteiger partial charge in [0.2, 0.25) is 11.8 Å². The quantitative estimate of drug-likeness (QED) is 0.570. The van der Waals surface area contributed by atoms with Crippen LogP contribution in [0, 0.1) is 11.7 Å². The highest BCUT2D eigenvalue weighted by Crippen LogP contribution is 2.25. The van der Waals surface area contributed by atoms with Gasteiger partial charge in [0.25, 0.3) is 0 Å². The summed E-state index contributed by atoms with van der Waals surface area (Å²) in [5.74, 6) is 0.0680. The first kappa shape index (κ1) is 23.7. The molecule has 0 atom stereocenters. The van der Waals surface area contributed by atoms with Crippen molar-refractivity contribution in [1.29, 1.82) is 0 Å². The monoisotopic (exact) mass is 431 g/mol. The van der Waals surface area contributed by atoms with E-state index in [2.05, 4.69) is 22.0 Å². The Balaban J connectivity index is 1.34. The Morgan fingerprint density at radius 3 is 2.23 bits per heavy atom. The van der Waals surface area contributed by atoms with Crippen LogP contribution in [0.15, 0.2) is 24.3 Å². The number of unbranched alkanes of at least 4 members (excludes halogenated alkanes) is 4. The molecule has 2 fully saturated rings. The molecule has 2 amide bonds. The highest BCUT2D eigenvalue weighted by Gasteiger charge is 2.31. The number of nitrogens with zero attached hydrogens (tertiary/aromatic N) is 2. The summed E-state index contributed by atoms with van der Waals surface area (Å²) < 4.78 is 13.0. The third kappa shape index (κ3) is 7.30. The average Bonchev–Trinajstić information content (AvgIpc) is 2.80. The van der Waals surface area contributed by atoms with Gasteiger partial charge < -0.3 is 15.1 Å². The van der Waals surface area contributed by atoms with E-state index in [-0.39, 0.29) is 17.6 Å². The summed E-state index contributed by atoms with van der Waals surface area (Å²) in [6.07, 6.45) is 10.4. The second-order valence-electron chi connectivity index (χ2n) is 9.08. The van der Waals surface area contributed by atoms with Gasteiger partial charge in [-0.1, -0.05) is 32.6 Å². The number of amides is 2. The van der Waals surface area contributed by atoms with Gasteiger partial charge in [-0.05, 0) is 69.5 Å². The molecule has 0 radical (unpaired) electrons. The van der Waals surface area contributed by atoms with E-state index in [4.69, 9.17) is 0 Å². The average molecular weight is 432 g/mol. The number of anilines is 1. The van der Waals surface area contributed by atoms with Crippen LogP contribution in [0.2, 0.25) is 0 Å². The van der Waals surface area contributed by atoms with Crippen molar-refractivity contribution in [2.24, 2.45) is 5.92 Å². The van der Waals surface area contributed by atoms with Crippen LogP contribution in [0.4, 0.5) is 10.1 Å². The number of benzene rings is 1. The summed E-state index contributed by atoms with van der Waals surface area (Å²) >= 11 is 0. The normalized spacial score (nSPS) is 18.8. The standard InChI is InChI=1S/C25H38FN3O2/c1-2-3-4-5-6-7-24(30)29-18-14-23(15-19-29)28-16-12-20(13-17-28)25(31)27-22-10-8-21(26)9-11-22/h8-11,20,23H,2-7,12-19H2,1H3,(H,27,31). The van der Waals surface area contributed by atoms with Gasteiger partial charge in [-0.15, -0.1) is 0 Å². The van der Waals surface area contributed by atoms with E-state index in [0.717, 1.165) is 58.3 Å². The van der Waals surface area contributed by atoms with Crippen LogP contribution >= 0.6 is 0 Å². The van der Waals surface area contributed by atoms with Crippen molar-refractivity contribution in [1.82, 2.24) is 9.80 Å². The zero-order valence-corrected chi connectivity index (χ0v) is 19.0. The molecule has 2 aliphatic heterocycles. The molecule has 172 valence electrons. The summed E-state index contributed by atoms with van der Waals surface area (Å²) in [7, 11) is 0. The van der Waals surface area contributed by atoms with E-state index < -0.39 is 0 Å². The van der Waals surface area contributed by atoms with Crippen molar-refractivity contribution < 1.29 is 14.0 Å². The number of piperidine rings is 2. The SMILES string of the molecule is CCCCCCCC(=O)N1CCC(N2CCC(C(=O)Nc3ccc(F)cc3)CC2)CC1. The number of carbonyl (C=O) groups is 2. The van der Waals surface area contributed by atoms with Gasteiger partial charge in [-0.3, -0.25) is 9.59 Å². The first-order chi connectivity index (χ1) is 15.1. The Bertz CT molecular complexity index is 693. The fourth-order valence-corrected chi connectivity index (χ4v) is 4.82. The van der Waals surface area contributed by atoms with Crippen molar-refractivity contribution in [3.8, 4) is 0 Å². The molecule has 2 saturated heterocycles. The minimum atomic E-state index is -0.300. The molecule has 0 bridgehead atoms. The Morgan fingerprint density at radius 2 is 1.58 bits per heavy atom. The lowest BCUT2D eigenvalue weighted by molar-refractivity contribution is -0.133. The van der Waals surface area contributed by atoms with Gasteiger partial charge in [-0.2, -0.15) is 0 Å². The molecular formula is C25H38FN3O2. The molecule has 31 heavy (non-hydrogen) atoms. The molecule has 2 heterocycles. The van der Waals surface area contributed by atoms with Crippen LogP contribution in [0.1, 0.15) is 71.1 Å². The smallest absolute Gasteiger partial charge is 0.227 e. The third-order valence-corrected chi connectivity index (χ3v) is 6.84. The molecule has 1 aromatic carbocycles. The van der Waals surface area contributed by atoms with Gasteiger partial charge in [-0.25, -0.2) is 4.39 Å². The lowest BCUT2D eigenvalue weighted by Gasteiger charge is -2.41. The zero-order valence-electron chi connectivity index (χ0n) is 19.0. The number of nitrogens with one attached hydrogen (secondary N) is 1. The molecule has 0 unspecified atom stereocenters. The van der Waals surface area contributed by atoms with Crippen molar-refractivity contribution in [3.63, 3.8) is 0 Å². The fourth-order valence-electron chi connectivity index (χ4n) is 4.82. The molecule has 5 nitrogen and oxygen atoms in total. The summed E-state index contributed by atoms with van der Waals surface area (Å²) in [5.41, 5.74) is 0.649. The summed E-state index contributed by atoms with van der Waals surface area (Å²) in [6.45, 7) is 5.79. The van der Waals surface area contributed by atoms with Crippen molar-refractivity contribution in [2.45, 2.75) is 77.2 Å². The number of carbonyl (C=O) groups excluding carboxylic acids is 2. The van der Waals surface area contributed by atoms with Crippen LogP contribution in [-0.2, 0) is 9.59 Å². The van der Waals surface area contributed by atoms with Gasteiger partial charge in [0.15, 0.2) is 0 Å². The minimum Gasteiger partial charge on any atom is -0.343 e. The molecule has 0 aromatic heterocycles. The highest BCUT2D eigenvalue weighted by molar-refractivity contribution is 5.92. The van der Waals surface area contributed by atoms with Crippen LogP contribution in [0.3, 0.4) is 0 Å². The maximum Gasteiger partial charge on any atom is 0.227 e. The lowest BCUT2D eigenvalue weighted by atomic mass is 9.92. The molecule has 1 N–H and O–H groups in total. The highest BCUT2D eigenvalue weighted by atomic mass is 19.1. The van der Waals surface area contributed by atoms with E-state index in [1.165, 1.54) is 37.8 Å². The number of likely N-dealkylation sites (tertiary alicyclic amines) is 2. The van der Waals surface area contributed by atoms with Crippen LogP contribution < -0.4 is 5.32 Å². The van der Waals surface area contributed by atoms with E-state index in [9.17, 15) is 14.0 Å². The molecule has 0 saturated carbocycles. The fraction of sp³-hybridized carbons (Fsp3) is 0.680. The molecule has 3 rings (SSSR count). The van der Waals surface area contributed by atoms with Crippen LogP contribution in [-0.4, -0.2) is 53.8 Å². The summed E-state index contributed by atoms with van der Waals surface area (Å²) in [6, 6.07) is 6.45. The minimum absolute atomic E-state index is 0.00989. The van der Waals surface area contributed by atoms with Gasteiger partial charge in [0, 0.05) is 37.2 Å².